The Bertz CT molecular complexity index is 712. The molecule has 0 radical (unpaired) electrons. The van der Waals surface area contributed by atoms with E-state index in [0.29, 0.717) is 14.0 Å². The number of carbonyl (C=O) groups is 1. The number of carbonyl (C=O) groups excluding carboxylic acids is 1. The first kappa shape index (κ1) is 16.1. The van der Waals surface area contributed by atoms with Crippen LogP contribution in [0.4, 0.5) is 16.4 Å². The van der Waals surface area contributed by atoms with Crippen molar-refractivity contribution in [2.75, 3.05) is 4.90 Å². The van der Waals surface area contributed by atoms with Gasteiger partial charge in [0.15, 0.2) is 11.6 Å². The zero-order valence-corrected chi connectivity index (χ0v) is 11.4. The first-order chi connectivity index (χ1) is 10.9. The minimum Gasteiger partial charge on any atom is -0.491 e. The molecule has 6 N–H and O–H groups in total. The molecule has 2 aromatic rings. The van der Waals surface area contributed by atoms with E-state index in [0.717, 1.165) is 0 Å². The molecule has 2 aromatic heterocycles. The maximum Gasteiger partial charge on any atom is 0.354 e. The molecule has 0 saturated heterocycles. The molecule has 124 valence electrons. The molecule has 0 atom stereocenters. The number of aliphatic hydroxyl groups excluding tert-OH is 2. The summed E-state index contributed by atoms with van der Waals surface area (Å²) in [4.78, 5) is 22.1. The lowest BCUT2D eigenvalue weighted by Gasteiger charge is -2.21. The van der Waals surface area contributed by atoms with E-state index in [2.05, 4.69) is 21.7 Å². The molecule has 0 aliphatic rings. The Morgan fingerprint density at radius 1 is 1.00 bits per heavy atom. The number of aliphatic imine (C=N–C) groups is 1. The fourth-order valence-corrected chi connectivity index (χ4v) is 1.90. The minimum atomic E-state index is -1.19. The summed E-state index contributed by atoms with van der Waals surface area (Å²) < 4.78 is 1.17. The van der Waals surface area contributed by atoms with Crippen molar-refractivity contribution >= 4 is 24.4 Å². The minimum absolute atomic E-state index is 0.434. The largest absolute Gasteiger partial charge is 0.491 e. The highest BCUT2D eigenvalue weighted by atomic mass is 16.3. The lowest BCUT2D eigenvalue weighted by molar-refractivity contribution is 0.193. The summed E-state index contributed by atoms with van der Waals surface area (Å²) in [6.45, 7) is 1.19. The molecule has 0 spiro atoms. The molecule has 0 aliphatic carbocycles. The van der Waals surface area contributed by atoms with Gasteiger partial charge in [0, 0.05) is 0 Å². The van der Waals surface area contributed by atoms with Crippen LogP contribution in [-0.4, -0.2) is 62.5 Å². The second-order valence-corrected chi connectivity index (χ2v) is 4.03. The van der Waals surface area contributed by atoms with Gasteiger partial charge in [0.2, 0.25) is 0 Å². The molecule has 0 aromatic carbocycles. The molecular weight excluding hydrogens is 316 g/mol. The van der Waals surface area contributed by atoms with Crippen molar-refractivity contribution in [2.24, 2.45) is 4.99 Å². The Hall–Kier alpha value is -3.32. The van der Waals surface area contributed by atoms with Crippen LogP contribution in [0.1, 0.15) is 0 Å². The normalized spacial score (nSPS) is 10.7. The molecular formula is C10H12N6O7. The highest BCUT2D eigenvalue weighted by Gasteiger charge is 2.34. The molecule has 0 saturated carbocycles. The summed E-state index contributed by atoms with van der Waals surface area (Å²) in [7, 11) is 0. The summed E-state index contributed by atoms with van der Waals surface area (Å²) >= 11 is 0. The first-order valence-electron chi connectivity index (χ1n) is 5.86. The number of aromatic nitrogens is 4. The van der Waals surface area contributed by atoms with Crippen LogP contribution in [-0.2, 0) is 13.5 Å². The SMILES string of the molecule is C=NC(=O)N(c1c(O)nc(O)n1CO)c1c(O)nc(O)n1CO. The van der Waals surface area contributed by atoms with Crippen LogP contribution in [0.2, 0.25) is 0 Å². The van der Waals surface area contributed by atoms with Crippen molar-refractivity contribution in [1.29, 1.82) is 0 Å². The van der Waals surface area contributed by atoms with Gasteiger partial charge >= 0.3 is 18.1 Å². The van der Waals surface area contributed by atoms with Crippen LogP contribution in [0.3, 0.4) is 0 Å². The van der Waals surface area contributed by atoms with Gasteiger partial charge in [-0.3, -0.25) is 9.13 Å². The van der Waals surface area contributed by atoms with Gasteiger partial charge in [0.25, 0.3) is 11.8 Å². The third-order valence-electron chi connectivity index (χ3n) is 2.84. The summed E-state index contributed by atoms with van der Waals surface area (Å²) in [5.74, 6) is -3.02. The maximum absolute atomic E-state index is 12.0. The average molecular weight is 328 g/mol. The van der Waals surface area contributed by atoms with E-state index in [4.69, 9.17) is 0 Å². The smallest absolute Gasteiger partial charge is 0.354 e. The molecule has 13 heteroatoms. The van der Waals surface area contributed by atoms with Gasteiger partial charge in [-0.25, -0.2) is 14.7 Å². The van der Waals surface area contributed by atoms with Gasteiger partial charge in [-0.15, -0.1) is 0 Å². The second-order valence-electron chi connectivity index (χ2n) is 4.03. The Labute approximate surface area is 127 Å². The van der Waals surface area contributed by atoms with Crippen LogP contribution in [0.5, 0.6) is 23.8 Å². The first-order valence-corrected chi connectivity index (χ1v) is 5.86. The molecule has 2 rings (SSSR count). The van der Waals surface area contributed by atoms with E-state index in [1.54, 1.807) is 0 Å². The maximum atomic E-state index is 12.0. The number of aliphatic hydroxyl groups is 2. The number of nitrogens with zero attached hydrogens (tertiary/aromatic N) is 6. The van der Waals surface area contributed by atoms with E-state index in [9.17, 15) is 35.4 Å². The van der Waals surface area contributed by atoms with Crippen LogP contribution < -0.4 is 4.90 Å². The number of hydrogen-bond acceptors (Lipinski definition) is 9. The summed E-state index contributed by atoms with van der Waals surface area (Å²) in [5, 5.41) is 57.1. The van der Waals surface area contributed by atoms with Crippen molar-refractivity contribution in [3.05, 3.63) is 0 Å². The summed E-state index contributed by atoms with van der Waals surface area (Å²) in [6, 6.07) is -2.89. The van der Waals surface area contributed by atoms with Gasteiger partial charge in [-0.05, 0) is 6.72 Å². The fourth-order valence-electron chi connectivity index (χ4n) is 1.90. The number of hydrogen-bond donors (Lipinski definition) is 6. The predicted molar refractivity (Wildman–Crippen MR) is 72.6 cm³/mol. The average Bonchev–Trinajstić information content (AvgIpc) is 2.95. The lowest BCUT2D eigenvalue weighted by Crippen LogP contribution is -2.27. The number of anilines is 2. The monoisotopic (exact) mass is 328 g/mol. The molecule has 2 heterocycles. The summed E-state index contributed by atoms with van der Waals surface area (Å²) in [5.41, 5.74) is 0. The highest BCUT2D eigenvalue weighted by molar-refractivity contribution is 6.02. The Balaban J connectivity index is 2.80. The van der Waals surface area contributed by atoms with Crippen LogP contribution in [0.25, 0.3) is 0 Å². The highest BCUT2D eigenvalue weighted by Crippen LogP contribution is 2.41. The molecule has 2 amide bonds. The third-order valence-corrected chi connectivity index (χ3v) is 2.84. The second kappa shape index (κ2) is 5.82. The standard InChI is InChI=1S/C10H12N6O7/c1-11-8(21)16(6-4(19)12-9(22)14(6)2-17)7-5(20)13-10(23)15(7)3-18/h17-20H,1-3H2,(H,12,22)(H,13,23). The van der Waals surface area contributed by atoms with Gasteiger partial charge in [-0.1, -0.05) is 0 Å². The Morgan fingerprint density at radius 2 is 1.39 bits per heavy atom. The molecule has 13 nitrogen and oxygen atoms in total. The van der Waals surface area contributed by atoms with Gasteiger partial charge < -0.3 is 30.6 Å². The number of amides is 2. The van der Waals surface area contributed by atoms with Crippen molar-refractivity contribution < 1.29 is 35.4 Å². The van der Waals surface area contributed by atoms with E-state index in [-0.39, 0.29) is 0 Å². The number of aromatic hydroxyl groups is 4. The molecule has 0 unspecified atom stereocenters. The van der Waals surface area contributed by atoms with Crippen molar-refractivity contribution in [1.82, 2.24) is 19.1 Å². The molecule has 0 fully saturated rings. The molecule has 0 aliphatic heterocycles. The van der Waals surface area contributed by atoms with Crippen molar-refractivity contribution in [2.45, 2.75) is 13.5 Å². The molecule has 0 bridgehead atoms. The van der Waals surface area contributed by atoms with E-state index in [1.165, 1.54) is 0 Å². The summed E-state index contributed by atoms with van der Waals surface area (Å²) in [6.07, 6.45) is 0. The van der Waals surface area contributed by atoms with Crippen molar-refractivity contribution in [3.8, 4) is 23.8 Å². The fraction of sp³-hybridized carbons (Fsp3) is 0.200. The number of urea groups is 1. The van der Waals surface area contributed by atoms with Gasteiger partial charge in [0.1, 0.15) is 13.5 Å². The zero-order chi connectivity index (χ0) is 17.3. The number of imidazole rings is 2. The Kier molecular flexibility index (Phi) is 4.06. The van der Waals surface area contributed by atoms with E-state index in [1.807, 2.05) is 0 Å². The van der Waals surface area contributed by atoms with Crippen LogP contribution in [0.15, 0.2) is 4.99 Å². The van der Waals surface area contributed by atoms with Gasteiger partial charge in [0.05, 0.1) is 0 Å². The Morgan fingerprint density at radius 3 is 1.70 bits per heavy atom. The topological polar surface area (TPSA) is 190 Å². The van der Waals surface area contributed by atoms with Crippen LogP contribution in [0, 0.1) is 0 Å². The quantitative estimate of drug-likeness (QED) is 0.373. The van der Waals surface area contributed by atoms with Crippen LogP contribution >= 0.6 is 0 Å². The third kappa shape index (κ3) is 2.39. The van der Waals surface area contributed by atoms with Gasteiger partial charge in [-0.2, -0.15) is 9.97 Å². The molecule has 23 heavy (non-hydrogen) atoms. The van der Waals surface area contributed by atoms with Crippen molar-refractivity contribution in [3.63, 3.8) is 0 Å². The zero-order valence-electron chi connectivity index (χ0n) is 11.4. The number of rotatable bonds is 4. The predicted octanol–water partition coefficient (Wildman–Crippen LogP) is -1.24. The lowest BCUT2D eigenvalue weighted by atomic mass is 10.5. The van der Waals surface area contributed by atoms with E-state index < -0.39 is 54.9 Å². The van der Waals surface area contributed by atoms with E-state index >= 15 is 0 Å².